The Labute approximate surface area is 137 Å². The summed E-state index contributed by atoms with van der Waals surface area (Å²) < 4.78 is 5.14. The number of amides is 1. The van der Waals surface area contributed by atoms with Crippen molar-refractivity contribution in [3.8, 4) is 5.75 Å². The second-order valence-electron chi connectivity index (χ2n) is 6.45. The lowest BCUT2D eigenvalue weighted by Gasteiger charge is -2.26. The molecule has 2 N–H and O–H groups in total. The number of ether oxygens (including phenoxy) is 1. The molecule has 5 nitrogen and oxygen atoms in total. The molecule has 2 unspecified atom stereocenters. The van der Waals surface area contributed by atoms with E-state index in [9.17, 15) is 9.59 Å². The SMILES string of the molecule is CC1CCCC(CC(=O)NCc2cccc(OCC(=O)O)c2)C1. The topological polar surface area (TPSA) is 75.6 Å². The number of hydrogen-bond acceptors (Lipinski definition) is 3. The Kier molecular flexibility index (Phi) is 6.44. The zero-order chi connectivity index (χ0) is 16.7. The fraction of sp³-hybridized carbons (Fsp3) is 0.556. The van der Waals surface area contributed by atoms with E-state index in [0.717, 1.165) is 24.3 Å². The van der Waals surface area contributed by atoms with Gasteiger partial charge in [0.15, 0.2) is 6.61 Å². The number of aliphatic carboxylic acids is 1. The molecule has 1 saturated carbocycles. The monoisotopic (exact) mass is 319 g/mol. The van der Waals surface area contributed by atoms with Crippen LogP contribution >= 0.6 is 0 Å². The van der Waals surface area contributed by atoms with Crippen LogP contribution in [0.1, 0.15) is 44.6 Å². The maximum Gasteiger partial charge on any atom is 0.341 e. The third kappa shape index (κ3) is 6.30. The molecule has 2 atom stereocenters. The average Bonchev–Trinajstić information content (AvgIpc) is 2.51. The van der Waals surface area contributed by atoms with Crippen LogP contribution in [-0.2, 0) is 16.1 Å². The van der Waals surface area contributed by atoms with Crippen molar-refractivity contribution in [3.63, 3.8) is 0 Å². The van der Waals surface area contributed by atoms with E-state index in [1.165, 1.54) is 12.8 Å². The molecule has 23 heavy (non-hydrogen) atoms. The van der Waals surface area contributed by atoms with Crippen molar-refractivity contribution < 1.29 is 19.4 Å². The Morgan fingerprint density at radius 2 is 2.17 bits per heavy atom. The van der Waals surface area contributed by atoms with Gasteiger partial charge in [0.2, 0.25) is 5.91 Å². The number of hydrogen-bond donors (Lipinski definition) is 2. The largest absolute Gasteiger partial charge is 0.482 e. The summed E-state index contributed by atoms with van der Waals surface area (Å²) in [5.74, 6) is 0.806. The van der Waals surface area contributed by atoms with Gasteiger partial charge < -0.3 is 15.2 Å². The minimum absolute atomic E-state index is 0.0842. The summed E-state index contributed by atoms with van der Waals surface area (Å²) in [7, 11) is 0. The highest BCUT2D eigenvalue weighted by Crippen LogP contribution is 2.30. The van der Waals surface area contributed by atoms with Crippen LogP contribution in [0.3, 0.4) is 0 Å². The zero-order valence-electron chi connectivity index (χ0n) is 13.6. The first-order valence-corrected chi connectivity index (χ1v) is 8.23. The summed E-state index contributed by atoms with van der Waals surface area (Å²) >= 11 is 0. The van der Waals surface area contributed by atoms with Crippen LogP contribution in [-0.4, -0.2) is 23.6 Å². The molecule has 1 fully saturated rings. The van der Waals surface area contributed by atoms with E-state index < -0.39 is 5.97 Å². The molecule has 0 saturated heterocycles. The highest BCUT2D eigenvalue weighted by molar-refractivity contribution is 5.76. The molecule has 0 radical (unpaired) electrons. The number of carboxylic acids is 1. The normalized spacial score (nSPS) is 20.7. The van der Waals surface area contributed by atoms with E-state index in [-0.39, 0.29) is 12.5 Å². The minimum Gasteiger partial charge on any atom is -0.482 e. The molecular weight excluding hydrogens is 294 g/mol. The van der Waals surface area contributed by atoms with Gasteiger partial charge in [-0.3, -0.25) is 4.79 Å². The molecule has 1 aliphatic rings. The maximum absolute atomic E-state index is 12.1. The Morgan fingerprint density at radius 1 is 1.35 bits per heavy atom. The van der Waals surface area contributed by atoms with E-state index >= 15 is 0 Å². The number of benzene rings is 1. The number of carbonyl (C=O) groups excluding carboxylic acids is 1. The third-order valence-corrected chi connectivity index (χ3v) is 4.27. The fourth-order valence-electron chi connectivity index (χ4n) is 3.17. The third-order valence-electron chi connectivity index (χ3n) is 4.27. The molecule has 0 heterocycles. The first-order chi connectivity index (χ1) is 11.0. The van der Waals surface area contributed by atoms with Gasteiger partial charge in [-0.2, -0.15) is 0 Å². The Balaban J connectivity index is 1.77. The van der Waals surface area contributed by atoms with Gasteiger partial charge in [0, 0.05) is 13.0 Å². The summed E-state index contributed by atoms with van der Waals surface area (Å²) in [4.78, 5) is 22.6. The van der Waals surface area contributed by atoms with Crippen molar-refractivity contribution in [3.05, 3.63) is 29.8 Å². The lowest BCUT2D eigenvalue weighted by Crippen LogP contribution is -2.27. The van der Waals surface area contributed by atoms with Crippen LogP contribution in [0.15, 0.2) is 24.3 Å². The van der Waals surface area contributed by atoms with E-state index in [0.29, 0.717) is 24.6 Å². The molecule has 5 heteroatoms. The predicted molar refractivity (Wildman–Crippen MR) is 87.2 cm³/mol. The number of carbonyl (C=O) groups is 2. The van der Waals surface area contributed by atoms with Crippen LogP contribution in [0.4, 0.5) is 0 Å². The maximum atomic E-state index is 12.1. The Hall–Kier alpha value is -2.04. The summed E-state index contributed by atoms with van der Waals surface area (Å²) in [6.07, 6.45) is 5.39. The molecule has 2 rings (SSSR count). The minimum atomic E-state index is -1.01. The van der Waals surface area contributed by atoms with Crippen molar-refractivity contribution in [2.45, 2.75) is 45.6 Å². The van der Waals surface area contributed by atoms with Gasteiger partial charge >= 0.3 is 5.97 Å². The first kappa shape index (κ1) is 17.3. The molecular formula is C18H25NO4. The molecule has 1 aliphatic carbocycles. The number of rotatable bonds is 7. The van der Waals surface area contributed by atoms with Gasteiger partial charge in [-0.25, -0.2) is 4.79 Å². The van der Waals surface area contributed by atoms with E-state index in [1.54, 1.807) is 18.2 Å². The van der Waals surface area contributed by atoms with Crippen molar-refractivity contribution in [2.75, 3.05) is 6.61 Å². The van der Waals surface area contributed by atoms with Gasteiger partial charge in [0.25, 0.3) is 0 Å². The van der Waals surface area contributed by atoms with Crippen molar-refractivity contribution >= 4 is 11.9 Å². The second-order valence-corrected chi connectivity index (χ2v) is 6.45. The van der Waals surface area contributed by atoms with Gasteiger partial charge in [0.05, 0.1) is 0 Å². The van der Waals surface area contributed by atoms with Crippen molar-refractivity contribution in [2.24, 2.45) is 11.8 Å². The van der Waals surface area contributed by atoms with Gasteiger partial charge in [-0.15, -0.1) is 0 Å². The molecule has 0 spiro atoms. The molecule has 1 aromatic rings. The predicted octanol–water partition coefficient (Wildman–Crippen LogP) is 2.98. The second kappa shape index (κ2) is 8.56. The van der Waals surface area contributed by atoms with Crippen LogP contribution in [0.25, 0.3) is 0 Å². The Bertz CT molecular complexity index is 544. The summed E-state index contributed by atoms with van der Waals surface area (Å²) in [5.41, 5.74) is 0.901. The van der Waals surface area contributed by atoms with Crippen LogP contribution < -0.4 is 10.1 Å². The van der Waals surface area contributed by atoms with Crippen LogP contribution in [0.5, 0.6) is 5.75 Å². The molecule has 0 aliphatic heterocycles. The number of nitrogens with one attached hydrogen (secondary N) is 1. The van der Waals surface area contributed by atoms with E-state index in [2.05, 4.69) is 12.2 Å². The van der Waals surface area contributed by atoms with E-state index in [4.69, 9.17) is 9.84 Å². The lowest BCUT2D eigenvalue weighted by atomic mass is 9.81. The summed E-state index contributed by atoms with van der Waals surface area (Å²) in [5, 5.41) is 11.6. The van der Waals surface area contributed by atoms with Gasteiger partial charge in [-0.1, -0.05) is 31.9 Å². The number of carboxylic acid groups (broad SMARTS) is 1. The Morgan fingerprint density at radius 3 is 2.91 bits per heavy atom. The fourth-order valence-corrected chi connectivity index (χ4v) is 3.17. The highest BCUT2D eigenvalue weighted by atomic mass is 16.5. The molecule has 1 amide bonds. The average molecular weight is 319 g/mol. The zero-order valence-corrected chi connectivity index (χ0v) is 13.6. The van der Waals surface area contributed by atoms with Crippen LogP contribution in [0, 0.1) is 11.8 Å². The molecule has 0 aromatic heterocycles. The molecule has 0 bridgehead atoms. The van der Waals surface area contributed by atoms with Crippen LogP contribution in [0.2, 0.25) is 0 Å². The highest BCUT2D eigenvalue weighted by Gasteiger charge is 2.21. The standard InChI is InChI=1S/C18H25NO4/c1-13-4-2-5-14(8-13)10-17(20)19-11-15-6-3-7-16(9-15)23-12-18(21)22/h3,6-7,9,13-14H,2,4-5,8,10-12H2,1H3,(H,19,20)(H,21,22). The molecule has 126 valence electrons. The first-order valence-electron chi connectivity index (χ1n) is 8.23. The quantitative estimate of drug-likeness (QED) is 0.810. The van der Waals surface area contributed by atoms with E-state index in [1.807, 2.05) is 6.07 Å². The summed E-state index contributed by atoms with van der Waals surface area (Å²) in [6.45, 7) is 2.33. The van der Waals surface area contributed by atoms with Crippen molar-refractivity contribution in [1.82, 2.24) is 5.32 Å². The summed E-state index contributed by atoms with van der Waals surface area (Å²) in [6, 6.07) is 7.14. The lowest BCUT2D eigenvalue weighted by molar-refractivity contribution is -0.139. The van der Waals surface area contributed by atoms with Gasteiger partial charge in [0.1, 0.15) is 5.75 Å². The smallest absolute Gasteiger partial charge is 0.341 e. The molecule has 1 aromatic carbocycles. The van der Waals surface area contributed by atoms with Gasteiger partial charge in [-0.05, 0) is 42.4 Å². The van der Waals surface area contributed by atoms with Crippen molar-refractivity contribution in [1.29, 1.82) is 0 Å².